The SMILES string of the molecule is FC(F)(F)C1CCCCC1c1nnc(CCNC2CC2)s1. The van der Waals surface area contributed by atoms with Crippen molar-refractivity contribution in [3.8, 4) is 0 Å². The van der Waals surface area contributed by atoms with E-state index >= 15 is 0 Å². The average Bonchev–Trinajstić information content (AvgIpc) is 3.14. The molecule has 1 N–H and O–H groups in total. The highest BCUT2D eigenvalue weighted by Crippen LogP contribution is 2.46. The van der Waals surface area contributed by atoms with Gasteiger partial charge in [0, 0.05) is 24.9 Å². The molecule has 3 nitrogen and oxygen atoms in total. The van der Waals surface area contributed by atoms with Crippen LogP contribution in [0.1, 0.15) is 54.5 Å². The highest BCUT2D eigenvalue weighted by molar-refractivity contribution is 7.11. The monoisotopic (exact) mass is 319 g/mol. The highest BCUT2D eigenvalue weighted by atomic mass is 32.1. The van der Waals surface area contributed by atoms with Gasteiger partial charge in [-0.05, 0) is 25.7 Å². The van der Waals surface area contributed by atoms with Gasteiger partial charge in [-0.15, -0.1) is 21.5 Å². The molecule has 21 heavy (non-hydrogen) atoms. The zero-order valence-electron chi connectivity index (χ0n) is 11.8. The van der Waals surface area contributed by atoms with Crippen molar-refractivity contribution in [3.05, 3.63) is 10.0 Å². The molecule has 7 heteroatoms. The molecule has 0 bridgehead atoms. The van der Waals surface area contributed by atoms with Crippen molar-refractivity contribution < 1.29 is 13.2 Å². The fourth-order valence-electron chi connectivity index (χ4n) is 3.01. The van der Waals surface area contributed by atoms with E-state index in [1.807, 2.05) is 0 Å². The number of halogens is 3. The Balaban J connectivity index is 1.62. The Kier molecular flexibility index (Phi) is 4.49. The summed E-state index contributed by atoms with van der Waals surface area (Å²) in [5, 5.41) is 13.0. The molecule has 2 atom stereocenters. The van der Waals surface area contributed by atoms with Crippen molar-refractivity contribution in [2.45, 2.75) is 63.1 Å². The maximum atomic E-state index is 13.1. The molecule has 2 aliphatic rings. The Bertz CT molecular complexity index is 470. The van der Waals surface area contributed by atoms with Crippen LogP contribution in [0.15, 0.2) is 0 Å². The number of aromatic nitrogens is 2. The lowest BCUT2D eigenvalue weighted by Gasteiger charge is -2.31. The van der Waals surface area contributed by atoms with Crippen LogP contribution in [-0.4, -0.2) is 29.0 Å². The quantitative estimate of drug-likeness (QED) is 0.900. The second-order valence-corrected chi connectivity index (χ2v) is 7.15. The van der Waals surface area contributed by atoms with Gasteiger partial charge in [0.2, 0.25) is 0 Å². The second-order valence-electron chi connectivity index (χ2n) is 6.05. The van der Waals surface area contributed by atoms with E-state index < -0.39 is 18.0 Å². The average molecular weight is 319 g/mol. The van der Waals surface area contributed by atoms with Gasteiger partial charge in [-0.25, -0.2) is 0 Å². The molecule has 0 aromatic carbocycles. The number of alkyl halides is 3. The van der Waals surface area contributed by atoms with Crippen LogP contribution >= 0.6 is 11.3 Å². The van der Waals surface area contributed by atoms with Crippen LogP contribution in [0, 0.1) is 5.92 Å². The lowest BCUT2D eigenvalue weighted by atomic mass is 9.79. The van der Waals surface area contributed by atoms with Gasteiger partial charge in [0.05, 0.1) is 5.92 Å². The summed E-state index contributed by atoms with van der Waals surface area (Å²) < 4.78 is 39.4. The molecule has 2 fully saturated rings. The third kappa shape index (κ3) is 3.94. The number of rotatable bonds is 5. The van der Waals surface area contributed by atoms with Crippen LogP contribution in [0.5, 0.6) is 0 Å². The fraction of sp³-hybridized carbons (Fsp3) is 0.857. The number of hydrogen-bond donors (Lipinski definition) is 1. The van der Waals surface area contributed by atoms with Crippen molar-refractivity contribution in [2.24, 2.45) is 5.92 Å². The molecular formula is C14H20F3N3S. The first-order chi connectivity index (χ1) is 10.0. The first-order valence-electron chi connectivity index (χ1n) is 7.66. The van der Waals surface area contributed by atoms with E-state index in [0.29, 0.717) is 23.9 Å². The molecule has 118 valence electrons. The molecule has 1 aromatic heterocycles. The number of nitrogens with one attached hydrogen (secondary N) is 1. The molecular weight excluding hydrogens is 299 g/mol. The first kappa shape index (κ1) is 15.2. The van der Waals surface area contributed by atoms with Crippen LogP contribution in [0.3, 0.4) is 0 Å². The highest BCUT2D eigenvalue weighted by Gasteiger charge is 2.47. The van der Waals surface area contributed by atoms with Crippen molar-refractivity contribution in [3.63, 3.8) is 0 Å². The van der Waals surface area contributed by atoms with Crippen LogP contribution < -0.4 is 5.32 Å². The minimum Gasteiger partial charge on any atom is -0.314 e. The molecule has 2 unspecified atom stereocenters. The Morgan fingerprint density at radius 2 is 1.86 bits per heavy atom. The van der Waals surface area contributed by atoms with Crippen LogP contribution in [0.25, 0.3) is 0 Å². The molecule has 1 aromatic rings. The van der Waals surface area contributed by atoms with E-state index in [0.717, 1.165) is 24.4 Å². The molecule has 0 saturated heterocycles. The Hall–Kier alpha value is -0.690. The van der Waals surface area contributed by atoms with E-state index in [-0.39, 0.29) is 6.42 Å². The van der Waals surface area contributed by atoms with Crippen molar-refractivity contribution in [1.82, 2.24) is 15.5 Å². The smallest absolute Gasteiger partial charge is 0.314 e. The molecule has 0 spiro atoms. The summed E-state index contributed by atoms with van der Waals surface area (Å²) in [6.45, 7) is 0.840. The number of hydrogen-bond acceptors (Lipinski definition) is 4. The summed E-state index contributed by atoms with van der Waals surface area (Å²) in [6, 6.07) is 0.644. The summed E-state index contributed by atoms with van der Waals surface area (Å²) in [6.07, 6.45) is 1.44. The van der Waals surface area contributed by atoms with Gasteiger partial charge < -0.3 is 5.32 Å². The molecule has 2 saturated carbocycles. The summed E-state index contributed by atoms with van der Waals surface area (Å²) >= 11 is 1.37. The van der Waals surface area contributed by atoms with Gasteiger partial charge in [-0.1, -0.05) is 12.8 Å². The third-order valence-electron chi connectivity index (χ3n) is 4.34. The van der Waals surface area contributed by atoms with Crippen LogP contribution in [0.4, 0.5) is 13.2 Å². The molecule has 3 rings (SSSR count). The minimum absolute atomic E-state index is 0.228. The lowest BCUT2D eigenvalue weighted by Crippen LogP contribution is -2.31. The Labute approximate surface area is 126 Å². The normalized spacial score (nSPS) is 27.0. The molecule has 0 radical (unpaired) electrons. The molecule has 1 heterocycles. The van der Waals surface area contributed by atoms with Gasteiger partial charge in [0.25, 0.3) is 0 Å². The topological polar surface area (TPSA) is 37.8 Å². The summed E-state index contributed by atoms with van der Waals surface area (Å²) in [4.78, 5) is 0. The second kappa shape index (κ2) is 6.20. The predicted octanol–water partition coefficient (Wildman–Crippen LogP) is 3.67. The summed E-state index contributed by atoms with van der Waals surface area (Å²) in [5.41, 5.74) is 0. The number of nitrogens with zero attached hydrogens (tertiary/aromatic N) is 2. The van der Waals surface area contributed by atoms with Crippen molar-refractivity contribution in [1.29, 1.82) is 0 Å². The summed E-state index contributed by atoms with van der Waals surface area (Å²) in [7, 11) is 0. The van der Waals surface area contributed by atoms with Gasteiger partial charge >= 0.3 is 6.18 Å². The standard InChI is InChI=1S/C14H20F3N3S/c15-14(16,17)11-4-2-1-3-10(11)13-20-19-12(21-13)7-8-18-9-5-6-9/h9-11,18H,1-8H2. The van der Waals surface area contributed by atoms with Gasteiger partial charge in [0.15, 0.2) is 0 Å². The maximum absolute atomic E-state index is 13.1. The van der Waals surface area contributed by atoms with E-state index in [1.54, 1.807) is 0 Å². The minimum atomic E-state index is -4.12. The van der Waals surface area contributed by atoms with E-state index in [1.165, 1.54) is 24.2 Å². The van der Waals surface area contributed by atoms with Gasteiger partial charge in [-0.2, -0.15) is 13.2 Å². The van der Waals surface area contributed by atoms with E-state index in [9.17, 15) is 13.2 Å². The van der Waals surface area contributed by atoms with E-state index in [4.69, 9.17) is 0 Å². The fourth-order valence-corrected chi connectivity index (χ4v) is 4.05. The molecule has 0 aliphatic heterocycles. The zero-order chi connectivity index (χ0) is 14.9. The van der Waals surface area contributed by atoms with Gasteiger partial charge in [0.1, 0.15) is 10.0 Å². The maximum Gasteiger partial charge on any atom is 0.392 e. The molecule has 2 aliphatic carbocycles. The van der Waals surface area contributed by atoms with Crippen LogP contribution in [0.2, 0.25) is 0 Å². The zero-order valence-corrected chi connectivity index (χ0v) is 12.6. The largest absolute Gasteiger partial charge is 0.392 e. The summed E-state index contributed by atoms with van der Waals surface area (Å²) in [5.74, 6) is -1.72. The van der Waals surface area contributed by atoms with Crippen molar-refractivity contribution in [2.75, 3.05) is 6.54 Å². The van der Waals surface area contributed by atoms with Crippen LogP contribution in [-0.2, 0) is 6.42 Å². The Morgan fingerprint density at radius 3 is 2.57 bits per heavy atom. The van der Waals surface area contributed by atoms with Gasteiger partial charge in [-0.3, -0.25) is 0 Å². The first-order valence-corrected chi connectivity index (χ1v) is 8.48. The third-order valence-corrected chi connectivity index (χ3v) is 5.45. The molecule has 0 amide bonds. The van der Waals surface area contributed by atoms with Crippen molar-refractivity contribution >= 4 is 11.3 Å². The lowest BCUT2D eigenvalue weighted by molar-refractivity contribution is -0.187. The predicted molar refractivity (Wildman–Crippen MR) is 75.4 cm³/mol. The Morgan fingerprint density at radius 1 is 1.10 bits per heavy atom. The van der Waals surface area contributed by atoms with E-state index in [2.05, 4.69) is 15.5 Å².